The second kappa shape index (κ2) is 4.51. The fraction of sp³-hybridized carbons (Fsp3) is 0.182. The van der Waals surface area contributed by atoms with Crippen LogP contribution in [0.2, 0.25) is 0 Å². The second-order valence-corrected chi connectivity index (χ2v) is 4.11. The zero-order valence-electron chi connectivity index (χ0n) is 8.11. The number of thiazole rings is 1. The maximum atomic E-state index is 12.7. The zero-order valence-corrected chi connectivity index (χ0v) is 8.93. The maximum absolute atomic E-state index is 12.7. The molecule has 1 aromatic carbocycles. The van der Waals surface area contributed by atoms with Crippen molar-refractivity contribution >= 4 is 11.3 Å². The molecule has 0 radical (unpaired) electrons. The van der Waals surface area contributed by atoms with Gasteiger partial charge < -0.3 is 5.73 Å². The van der Waals surface area contributed by atoms with Crippen molar-refractivity contribution in [1.82, 2.24) is 4.98 Å². The summed E-state index contributed by atoms with van der Waals surface area (Å²) in [6, 6.07) is 6.37. The van der Waals surface area contributed by atoms with Gasteiger partial charge in [-0.3, -0.25) is 0 Å². The standard InChI is InChI=1S/C11H11FN2S/c12-9-3-1-8(2-4-9)11-10(5-6-13)15-7-14-11/h1-4,7H,5-6,13H2. The Labute approximate surface area is 91.6 Å². The van der Waals surface area contributed by atoms with Crippen LogP contribution in [0.15, 0.2) is 29.8 Å². The molecule has 0 spiro atoms. The summed E-state index contributed by atoms with van der Waals surface area (Å²) in [6.45, 7) is 0.608. The predicted octanol–water partition coefficient (Wildman–Crippen LogP) is 2.45. The zero-order chi connectivity index (χ0) is 10.7. The lowest BCUT2D eigenvalue weighted by Crippen LogP contribution is -2.02. The molecule has 0 fully saturated rings. The molecule has 1 heterocycles. The van der Waals surface area contributed by atoms with Crippen molar-refractivity contribution in [3.63, 3.8) is 0 Å². The average molecular weight is 222 g/mol. The van der Waals surface area contributed by atoms with Crippen LogP contribution in [0.5, 0.6) is 0 Å². The molecule has 2 rings (SSSR count). The summed E-state index contributed by atoms with van der Waals surface area (Å²) in [5.74, 6) is -0.227. The Balaban J connectivity index is 2.36. The van der Waals surface area contributed by atoms with Gasteiger partial charge in [0, 0.05) is 10.4 Å². The van der Waals surface area contributed by atoms with E-state index in [0.717, 1.165) is 22.6 Å². The molecule has 2 N–H and O–H groups in total. The van der Waals surface area contributed by atoms with Crippen LogP contribution in [0, 0.1) is 5.82 Å². The number of nitrogens with two attached hydrogens (primary N) is 1. The van der Waals surface area contributed by atoms with Gasteiger partial charge in [0.1, 0.15) is 5.82 Å². The van der Waals surface area contributed by atoms with Gasteiger partial charge in [0.25, 0.3) is 0 Å². The van der Waals surface area contributed by atoms with Crippen LogP contribution in [-0.4, -0.2) is 11.5 Å². The lowest BCUT2D eigenvalue weighted by atomic mass is 10.1. The van der Waals surface area contributed by atoms with Crippen LogP contribution < -0.4 is 5.73 Å². The van der Waals surface area contributed by atoms with Crippen molar-refractivity contribution in [1.29, 1.82) is 0 Å². The van der Waals surface area contributed by atoms with E-state index in [1.54, 1.807) is 29.0 Å². The quantitative estimate of drug-likeness (QED) is 0.866. The lowest BCUT2D eigenvalue weighted by Gasteiger charge is -2.00. The molecule has 0 saturated heterocycles. The maximum Gasteiger partial charge on any atom is 0.123 e. The summed E-state index contributed by atoms with van der Waals surface area (Å²) in [4.78, 5) is 5.43. The third-order valence-corrected chi connectivity index (χ3v) is 3.02. The van der Waals surface area contributed by atoms with Crippen molar-refractivity contribution in [3.05, 3.63) is 40.5 Å². The first kappa shape index (κ1) is 10.3. The molecular formula is C11H11FN2S. The summed E-state index contributed by atoms with van der Waals surface area (Å²) in [5.41, 5.74) is 9.17. The summed E-state index contributed by atoms with van der Waals surface area (Å²) < 4.78 is 12.7. The van der Waals surface area contributed by atoms with Gasteiger partial charge in [-0.1, -0.05) is 0 Å². The molecule has 0 unspecified atom stereocenters. The van der Waals surface area contributed by atoms with E-state index in [1.807, 2.05) is 0 Å². The minimum absolute atomic E-state index is 0.227. The summed E-state index contributed by atoms with van der Waals surface area (Å²) in [6.07, 6.45) is 0.817. The van der Waals surface area contributed by atoms with Crippen LogP contribution >= 0.6 is 11.3 Å². The van der Waals surface area contributed by atoms with Gasteiger partial charge in [-0.15, -0.1) is 11.3 Å². The number of benzene rings is 1. The van der Waals surface area contributed by atoms with Crippen LogP contribution in [0.4, 0.5) is 4.39 Å². The summed E-state index contributed by atoms with van der Waals surface area (Å²) in [7, 11) is 0. The van der Waals surface area contributed by atoms with Gasteiger partial charge in [0.2, 0.25) is 0 Å². The topological polar surface area (TPSA) is 38.9 Å². The third kappa shape index (κ3) is 2.22. The van der Waals surface area contributed by atoms with Crippen LogP contribution in [0.1, 0.15) is 4.88 Å². The fourth-order valence-electron chi connectivity index (χ4n) is 1.42. The van der Waals surface area contributed by atoms with E-state index in [4.69, 9.17) is 5.73 Å². The highest BCUT2D eigenvalue weighted by atomic mass is 32.1. The van der Waals surface area contributed by atoms with Gasteiger partial charge in [-0.25, -0.2) is 9.37 Å². The highest BCUT2D eigenvalue weighted by Gasteiger charge is 2.07. The molecule has 0 aliphatic carbocycles. The Hall–Kier alpha value is -1.26. The molecule has 4 heteroatoms. The SMILES string of the molecule is NCCc1scnc1-c1ccc(F)cc1. The van der Waals surface area contributed by atoms with Gasteiger partial charge >= 0.3 is 0 Å². The smallest absolute Gasteiger partial charge is 0.123 e. The number of aromatic nitrogens is 1. The van der Waals surface area contributed by atoms with Gasteiger partial charge in [0.05, 0.1) is 11.2 Å². The number of hydrogen-bond acceptors (Lipinski definition) is 3. The Kier molecular flexibility index (Phi) is 3.08. The van der Waals surface area contributed by atoms with Crippen LogP contribution in [0.25, 0.3) is 11.3 Å². The first-order valence-electron chi connectivity index (χ1n) is 4.69. The van der Waals surface area contributed by atoms with E-state index in [2.05, 4.69) is 4.98 Å². The number of nitrogens with zero attached hydrogens (tertiary/aromatic N) is 1. The van der Waals surface area contributed by atoms with Gasteiger partial charge in [0.15, 0.2) is 0 Å². The minimum atomic E-state index is -0.227. The van der Waals surface area contributed by atoms with E-state index in [9.17, 15) is 4.39 Å². The van der Waals surface area contributed by atoms with Crippen molar-refractivity contribution in [2.75, 3.05) is 6.54 Å². The highest BCUT2D eigenvalue weighted by molar-refractivity contribution is 7.10. The fourth-order valence-corrected chi connectivity index (χ4v) is 2.23. The molecule has 0 bridgehead atoms. The molecule has 0 amide bonds. The Morgan fingerprint density at radius 3 is 2.67 bits per heavy atom. The molecule has 0 atom stereocenters. The average Bonchev–Trinajstić information content (AvgIpc) is 2.68. The number of rotatable bonds is 3. The first-order valence-corrected chi connectivity index (χ1v) is 5.57. The normalized spacial score (nSPS) is 10.5. The molecular weight excluding hydrogens is 211 g/mol. The van der Waals surface area contributed by atoms with Crippen LogP contribution in [-0.2, 0) is 6.42 Å². The molecule has 0 aliphatic rings. The first-order chi connectivity index (χ1) is 7.31. The Bertz CT molecular complexity index is 436. The van der Waals surface area contributed by atoms with E-state index in [1.165, 1.54) is 12.1 Å². The Morgan fingerprint density at radius 1 is 1.27 bits per heavy atom. The van der Waals surface area contributed by atoms with Crippen molar-refractivity contribution in [3.8, 4) is 11.3 Å². The predicted molar refractivity (Wildman–Crippen MR) is 60.3 cm³/mol. The van der Waals surface area contributed by atoms with E-state index >= 15 is 0 Å². The minimum Gasteiger partial charge on any atom is -0.330 e. The molecule has 1 aromatic heterocycles. The van der Waals surface area contributed by atoms with E-state index < -0.39 is 0 Å². The second-order valence-electron chi connectivity index (χ2n) is 3.17. The highest BCUT2D eigenvalue weighted by Crippen LogP contribution is 2.25. The van der Waals surface area contributed by atoms with Gasteiger partial charge in [-0.2, -0.15) is 0 Å². The third-order valence-electron chi connectivity index (χ3n) is 2.13. The number of halogens is 1. The molecule has 2 aromatic rings. The largest absolute Gasteiger partial charge is 0.330 e. The summed E-state index contributed by atoms with van der Waals surface area (Å²) >= 11 is 1.59. The van der Waals surface area contributed by atoms with E-state index in [-0.39, 0.29) is 5.82 Å². The number of hydrogen-bond donors (Lipinski definition) is 1. The van der Waals surface area contributed by atoms with Crippen molar-refractivity contribution in [2.45, 2.75) is 6.42 Å². The summed E-state index contributed by atoms with van der Waals surface area (Å²) in [5, 5.41) is 0. The molecule has 78 valence electrons. The monoisotopic (exact) mass is 222 g/mol. The lowest BCUT2D eigenvalue weighted by molar-refractivity contribution is 0.628. The van der Waals surface area contributed by atoms with Crippen LogP contribution in [0.3, 0.4) is 0 Å². The Morgan fingerprint density at radius 2 is 2.00 bits per heavy atom. The van der Waals surface area contributed by atoms with Crippen molar-refractivity contribution < 1.29 is 4.39 Å². The molecule has 2 nitrogen and oxygen atoms in total. The van der Waals surface area contributed by atoms with E-state index in [0.29, 0.717) is 6.54 Å². The molecule has 0 aliphatic heterocycles. The van der Waals surface area contributed by atoms with Gasteiger partial charge in [-0.05, 0) is 37.2 Å². The molecule has 15 heavy (non-hydrogen) atoms. The molecule has 0 saturated carbocycles. The van der Waals surface area contributed by atoms with Crippen molar-refractivity contribution in [2.24, 2.45) is 5.73 Å².